The fraction of sp³-hybridized carbons (Fsp3) is 0.333. The summed E-state index contributed by atoms with van der Waals surface area (Å²) in [5.41, 5.74) is 2.21. The Morgan fingerprint density at radius 2 is 2.00 bits per heavy atom. The van der Waals surface area contributed by atoms with Crippen molar-refractivity contribution in [1.29, 1.82) is 0 Å². The van der Waals surface area contributed by atoms with Gasteiger partial charge >= 0.3 is 0 Å². The second-order valence-corrected chi connectivity index (χ2v) is 4.53. The van der Waals surface area contributed by atoms with Gasteiger partial charge in [-0.15, -0.1) is 12.4 Å². The number of ether oxygens (including phenoxy) is 1. The maximum absolute atomic E-state index is 11.9. The first kappa shape index (κ1) is 18.2. The van der Waals surface area contributed by atoms with E-state index in [-0.39, 0.29) is 18.3 Å². The standard InChI is InChI=1S/C15H20N4O2.ClH/c1-21-10-9-16-7-8-17-15(20)14-11-13(18-19-14)12-5-3-2-4-6-12;/h2-6,11,16H,7-10H2,1H3,(H,17,20)(H,18,19);1H. The van der Waals surface area contributed by atoms with Gasteiger partial charge in [-0.2, -0.15) is 5.10 Å². The summed E-state index contributed by atoms with van der Waals surface area (Å²) < 4.78 is 4.92. The maximum Gasteiger partial charge on any atom is 0.269 e. The van der Waals surface area contributed by atoms with Crippen LogP contribution in [-0.2, 0) is 4.74 Å². The van der Waals surface area contributed by atoms with Gasteiger partial charge in [0.2, 0.25) is 0 Å². The van der Waals surface area contributed by atoms with Gasteiger partial charge in [0.1, 0.15) is 5.69 Å². The van der Waals surface area contributed by atoms with Gasteiger partial charge in [-0.05, 0) is 6.07 Å². The second kappa shape index (κ2) is 9.94. The summed E-state index contributed by atoms with van der Waals surface area (Å²) in [4.78, 5) is 11.9. The third-order valence-electron chi connectivity index (χ3n) is 2.96. The van der Waals surface area contributed by atoms with Crippen LogP contribution in [0.5, 0.6) is 0 Å². The van der Waals surface area contributed by atoms with Crippen molar-refractivity contribution in [3.05, 3.63) is 42.1 Å². The highest BCUT2D eigenvalue weighted by Gasteiger charge is 2.09. The number of hydrogen-bond donors (Lipinski definition) is 3. The minimum Gasteiger partial charge on any atom is -0.383 e. The Morgan fingerprint density at radius 1 is 1.23 bits per heavy atom. The Morgan fingerprint density at radius 3 is 2.73 bits per heavy atom. The van der Waals surface area contributed by atoms with Gasteiger partial charge in [0.25, 0.3) is 5.91 Å². The molecule has 6 nitrogen and oxygen atoms in total. The van der Waals surface area contributed by atoms with Crippen LogP contribution in [0.2, 0.25) is 0 Å². The molecule has 0 saturated heterocycles. The average Bonchev–Trinajstić information content (AvgIpc) is 3.01. The van der Waals surface area contributed by atoms with E-state index in [0.29, 0.717) is 25.4 Å². The van der Waals surface area contributed by atoms with E-state index in [2.05, 4.69) is 20.8 Å². The number of carbonyl (C=O) groups is 1. The molecule has 7 heteroatoms. The minimum atomic E-state index is -0.154. The first-order valence-electron chi connectivity index (χ1n) is 6.90. The lowest BCUT2D eigenvalue weighted by Crippen LogP contribution is -2.33. The quantitative estimate of drug-likeness (QED) is 0.642. The van der Waals surface area contributed by atoms with Crippen molar-refractivity contribution in [3.8, 4) is 11.3 Å². The molecule has 1 amide bonds. The smallest absolute Gasteiger partial charge is 0.269 e. The molecule has 0 aliphatic heterocycles. The number of carbonyl (C=O) groups excluding carboxylic acids is 1. The van der Waals surface area contributed by atoms with Gasteiger partial charge in [-0.3, -0.25) is 9.89 Å². The Labute approximate surface area is 136 Å². The van der Waals surface area contributed by atoms with E-state index >= 15 is 0 Å². The fourth-order valence-corrected chi connectivity index (χ4v) is 1.85. The van der Waals surface area contributed by atoms with Crippen LogP contribution < -0.4 is 10.6 Å². The summed E-state index contributed by atoms with van der Waals surface area (Å²) in [6.07, 6.45) is 0. The predicted octanol–water partition coefficient (Wildman–Crippen LogP) is 1.46. The van der Waals surface area contributed by atoms with Gasteiger partial charge in [-0.25, -0.2) is 0 Å². The topological polar surface area (TPSA) is 79.0 Å². The van der Waals surface area contributed by atoms with Crippen LogP contribution in [0, 0.1) is 0 Å². The van der Waals surface area contributed by atoms with Crippen LogP contribution in [-0.4, -0.2) is 49.5 Å². The largest absolute Gasteiger partial charge is 0.383 e. The van der Waals surface area contributed by atoms with Crippen LogP contribution in [0.4, 0.5) is 0 Å². The number of amides is 1. The molecule has 0 radical (unpaired) electrons. The monoisotopic (exact) mass is 324 g/mol. The van der Waals surface area contributed by atoms with E-state index in [0.717, 1.165) is 17.8 Å². The van der Waals surface area contributed by atoms with Crippen LogP contribution in [0.25, 0.3) is 11.3 Å². The Bertz CT molecular complexity index is 560. The van der Waals surface area contributed by atoms with Gasteiger partial charge < -0.3 is 15.4 Å². The van der Waals surface area contributed by atoms with Crippen LogP contribution in [0.1, 0.15) is 10.5 Å². The van der Waals surface area contributed by atoms with Crippen molar-refractivity contribution in [2.24, 2.45) is 0 Å². The van der Waals surface area contributed by atoms with Crippen LogP contribution >= 0.6 is 12.4 Å². The highest BCUT2D eigenvalue weighted by molar-refractivity contribution is 5.93. The fourth-order valence-electron chi connectivity index (χ4n) is 1.85. The summed E-state index contributed by atoms with van der Waals surface area (Å²) in [5.74, 6) is -0.154. The van der Waals surface area contributed by atoms with Crippen molar-refractivity contribution in [2.45, 2.75) is 0 Å². The highest BCUT2D eigenvalue weighted by Crippen LogP contribution is 2.16. The van der Waals surface area contributed by atoms with Crippen molar-refractivity contribution in [1.82, 2.24) is 20.8 Å². The van der Waals surface area contributed by atoms with Gasteiger partial charge in [0.05, 0.1) is 12.3 Å². The third kappa shape index (κ3) is 5.48. The third-order valence-corrected chi connectivity index (χ3v) is 2.96. The second-order valence-electron chi connectivity index (χ2n) is 4.53. The summed E-state index contributed by atoms with van der Waals surface area (Å²) >= 11 is 0. The molecule has 1 aromatic heterocycles. The number of nitrogens with zero attached hydrogens (tertiary/aromatic N) is 1. The lowest BCUT2D eigenvalue weighted by atomic mass is 10.1. The number of methoxy groups -OCH3 is 1. The summed E-state index contributed by atoms with van der Waals surface area (Å²) in [5, 5.41) is 12.9. The zero-order valence-corrected chi connectivity index (χ0v) is 13.3. The Balaban J connectivity index is 0.00000242. The number of rotatable bonds is 8. The van der Waals surface area contributed by atoms with E-state index in [1.54, 1.807) is 13.2 Å². The molecule has 0 saturated carbocycles. The lowest BCUT2D eigenvalue weighted by molar-refractivity contribution is 0.0948. The van der Waals surface area contributed by atoms with Crippen LogP contribution in [0.15, 0.2) is 36.4 Å². The SMILES string of the molecule is COCCNCCNC(=O)c1cc(-c2ccccc2)n[nH]1.Cl. The zero-order valence-electron chi connectivity index (χ0n) is 12.5. The highest BCUT2D eigenvalue weighted by atomic mass is 35.5. The molecule has 0 spiro atoms. The molecule has 3 N–H and O–H groups in total. The molecule has 22 heavy (non-hydrogen) atoms. The van der Waals surface area contributed by atoms with Crippen molar-refractivity contribution in [2.75, 3.05) is 33.4 Å². The van der Waals surface area contributed by atoms with E-state index < -0.39 is 0 Å². The summed E-state index contributed by atoms with van der Waals surface area (Å²) in [7, 11) is 1.66. The number of H-pyrrole nitrogens is 1. The van der Waals surface area contributed by atoms with Crippen LogP contribution in [0.3, 0.4) is 0 Å². The minimum absolute atomic E-state index is 0. The molecule has 0 atom stereocenters. The molecule has 120 valence electrons. The molecule has 2 rings (SSSR count). The number of nitrogens with one attached hydrogen (secondary N) is 3. The first-order valence-corrected chi connectivity index (χ1v) is 6.90. The van der Waals surface area contributed by atoms with Crippen molar-refractivity contribution >= 4 is 18.3 Å². The average molecular weight is 325 g/mol. The van der Waals surface area contributed by atoms with Gasteiger partial charge in [0.15, 0.2) is 0 Å². The molecule has 0 unspecified atom stereocenters. The number of aromatic amines is 1. The molecule has 0 bridgehead atoms. The predicted molar refractivity (Wildman–Crippen MR) is 88.4 cm³/mol. The number of hydrogen-bond acceptors (Lipinski definition) is 4. The first-order chi connectivity index (χ1) is 10.3. The van der Waals surface area contributed by atoms with Crippen molar-refractivity contribution in [3.63, 3.8) is 0 Å². The molecule has 1 aromatic carbocycles. The van der Waals surface area contributed by atoms with E-state index in [9.17, 15) is 4.79 Å². The normalized spacial score (nSPS) is 10.0. The van der Waals surface area contributed by atoms with Gasteiger partial charge in [-0.1, -0.05) is 30.3 Å². The molecule has 0 fully saturated rings. The molecule has 1 heterocycles. The molecule has 2 aromatic rings. The Kier molecular flexibility index (Phi) is 8.21. The van der Waals surface area contributed by atoms with Crippen molar-refractivity contribution < 1.29 is 9.53 Å². The number of benzene rings is 1. The molecular weight excluding hydrogens is 304 g/mol. The summed E-state index contributed by atoms with van der Waals surface area (Å²) in [6.45, 7) is 2.69. The number of halogens is 1. The molecule has 0 aliphatic carbocycles. The molecule has 0 aliphatic rings. The van der Waals surface area contributed by atoms with E-state index in [1.807, 2.05) is 30.3 Å². The maximum atomic E-state index is 11.9. The van der Waals surface area contributed by atoms with E-state index in [1.165, 1.54) is 0 Å². The zero-order chi connectivity index (χ0) is 14.9. The lowest BCUT2D eigenvalue weighted by Gasteiger charge is -2.05. The summed E-state index contributed by atoms with van der Waals surface area (Å²) in [6, 6.07) is 11.5. The van der Waals surface area contributed by atoms with Gasteiger partial charge in [0, 0.05) is 32.3 Å². The molecular formula is C15H21ClN4O2. The van der Waals surface area contributed by atoms with E-state index in [4.69, 9.17) is 4.74 Å². The Hall–Kier alpha value is -1.89. The number of aromatic nitrogens is 2.